The number of carboxylic acids is 1. The van der Waals surface area contributed by atoms with Gasteiger partial charge in [0.2, 0.25) is 8.03 Å². The van der Waals surface area contributed by atoms with Gasteiger partial charge < -0.3 is 20.1 Å². The Morgan fingerprint density at radius 1 is 1.08 bits per heavy atom. The van der Waals surface area contributed by atoms with Crippen molar-refractivity contribution in [2.24, 2.45) is 0 Å². The first-order valence-corrected chi connectivity index (χ1v) is 9.00. The van der Waals surface area contributed by atoms with E-state index in [1.165, 1.54) is 24.3 Å². The van der Waals surface area contributed by atoms with Crippen LogP contribution in [0.3, 0.4) is 0 Å². The van der Waals surface area contributed by atoms with Crippen LogP contribution in [-0.4, -0.2) is 34.5 Å². The van der Waals surface area contributed by atoms with Gasteiger partial charge in [-0.1, -0.05) is 30.3 Å². The molecule has 0 radical (unpaired) electrons. The molecule has 0 aromatic heterocycles. The lowest BCUT2D eigenvalue weighted by molar-refractivity contribution is -0.122. The van der Waals surface area contributed by atoms with Crippen LogP contribution in [0, 0.1) is 0 Å². The zero-order chi connectivity index (χ0) is 18.2. The van der Waals surface area contributed by atoms with Gasteiger partial charge in [0.15, 0.2) is 0 Å². The summed E-state index contributed by atoms with van der Waals surface area (Å²) in [6, 6.07) is 14.7. The average molecular weight is 363 g/mol. The number of carboxylic acid groups (broad SMARTS) is 1. The van der Waals surface area contributed by atoms with Gasteiger partial charge in [-0.05, 0) is 29.8 Å². The molecule has 0 fully saturated rings. The summed E-state index contributed by atoms with van der Waals surface area (Å²) < 4.78 is 16.7. The summed E-state index contributed by atoms with van der Waals surface area (Å²) in [6.07, 6.45) is -1.49. The number of aliphatic hydroxyl groups is 1. The molecule has 2 rings (SSSR count). The zero-order valence-electron chi connectivity index (χ0n) is 13.2. The SMILES string of the molecule is O=C(O)c1ccc(NC(=O)C(Cc2ccccc2)O[PH](=O)CO)cc1. The molecule has 0 heterocycles. The second-order valence-electron chi connectivity index (χ2n) is 5.20. The van der Waals surface area contributed by atoms with Crippen molar-refractivity contribution in [3.63, 3.8) is 0 Å². The molecule has 0 aliphatic carbocycles. The second kappa shape index (κ2) is 9.13. The summed E-state index contributed by atoms with van der Waals surface area (Å²) >= 11 is 0. The van der Waals surface area contributed by atoms with E-state index in [1.807, 2.05) is 30.3 Å². The van der Waals surface area contributed by atoms with Crippen molar-refractivity contribution >= 4 is 25.6 Å². The highest BCUT2D eigenvalue weighted by molar-refractivity contribution is 7.38. The van der Waals surface area contributed by atoms with E-state index in [0.29, 0.717) is 5.69 Å². The molecule has 8 heteroatoms. The minimum absolute atomic E-state index is 0.0976. The van der Waals surface area contributed by atoms with Crippen molar-refractivity contribution in [3.8, 4) is 0 Å². The van der Waals surface area contributed by atoms with Crippen molar-refractivity contribution in [3.05, 3.63) is 65.7 Å². The van der Waals surface area contributed by atoms with Gasteiger partial charge in [0.05, 0.1) is 5.56 Å². The number of benzene rings is 2. The maximum Gasteiger partial charge on any atom is 0.335 e. The Morgan fingerprint density at radius 3 is 2.28 bits per heavy atom. The fraction of sp³-hybridized carbons (Fsp3) is 0.176. The van der Waals surface area contributed by atoms with E-state index in [-0.39, 0.29) is 12.0 Å². The summed E-state index contributed by atoms with van der Waals surface area (Å²) in [4.78, 5) is 23.3. The molecule has 7 nitrogen and oxygen atoms in total. The minimum atomic E-state index is -2.73. The topological polar surface area (TPSA) is 113 Å². The number of carbonyl (C=O) groups excluding carboxylic acids is 1. The van der Waals surface area contributed by atoms with E-state index in [9.17, 15) is 14.2 Å². The lowest BCUT2D eigenvalue weighted by Gasteiger charge is -2.17. The summed E-state index contributed by atoms with van der Waals surface area (Å²) in [5.41, 5.74) is 1.30. The third-order valence-electron chi connectivity index (χ3n) is 3.36. The first kappa shape index (κ1) is 18.9. The van der Waals surface area contributed by atoms with Gasteiger partial charge in [0, 0.05) is 12.1 Å². The van der Waals surface area contributed by atoms with Crippen LogP contribution in [0.1, 0.15) is 15.9 Å². The van der Waals surface area contributed by atoms with Crippen LogP contribution in [0.25, 0.3) is 0 Å². The predicted octanol–water partition coefficient (Wildman–Crippen LogP) is 2.38. The number of aliphatic hydroxyl groups excluding tert-OH is 1. The molecule has 0 aliphatic rings. The summed E-state index contributed by atoms with van der Waals surface area (Å²) in [7, 11) is -2.73. The Hall–Kier alpha value is -2.47. The number of rotatable bonds is 8. The molecule has 2 atom stereocenters. The molecule has 132 valence electrons. The molecule has 2 aromatic carbocycles. The molecule has 3 N–H and O–H groups in total. The van der Waals surface area contributed by atoms with Crippen LogP contribution in [0.15, 0.2) is 54.6 Å². The average Bonchev–Trinajstić information content (AvgIpc) is 2.62. The first-order chi connectivity index (χ1) is 12.0. The minimum Gasteiger partial charge on any atom is -0.478 e. The molecule has 1 amide bonds. The molecule has 0 spiro atoms. The largest absolute Gasteiger partial charge is 0.478 e. The highest BCUT2D eigenvalue weighted by Crippen LogP contribution is 2.25. The first-order valence-electron chi connectivity index (χ1n) is 7.48. The van der Waals surface area contributed by atoms with E-state index >= 15 is 0 Å². The number of anilines is 1. The van der Waals surface area contributed by atoms with Crippen LogP contribution >= 0.6 is 8.03 Å². The van der Waals surface area contributed by atoms with E-state index in [0.717, 1.165) is 5.56 Å². The molecule has 0 bridgehead atoms. The lowest BCUT2D eigenvalue weighted by Crippen LogP contribution is -2.31. The summed E-state index contributed by atoms with van der Waals surface area (Å²) in [5.74, 6) is -1.59. The third kappa shape index (κ3) is 5.83. The highest BCUT2D eigenvalue weighted by Gasteiger charge is 2.22. The smallest absolute Gasteiger partial charge is 0.335 e. The van der Waals surface area contributed by atoms with Gasteiger partial charge in [-0.3, -0.25) is 9.36 Å². The molecule has 0 aliphatic heterocycles. The van der Waals surface area contributed by atoms with Crippen molar-refractivity contribution in [1.29, 1.82) is 0 Å². The fourth-order valence-corrected chi connectivity index (χ4v) is 2.71. The number of nitrogens with one attached hydrogen (secondary N) is 1. The van der Waals surface area contributed by atoms with Crippen LogP contribution in [0.2, 0.25) is 0 Å². The Balaban J connectivity index is 2.10. The summed E-state index contributed by atoms with van der Waals surface area (Å²) in [5, 5.41) is 20.4. The molecular formula is C17H18NO6P. The van der Waals surface area contributed by atoms with E-state index in [4.69, 9.17) is 14.7 Å². The Bertz CT molecular complexity index is 747. The second-order valence-corrected chi connectivity index (χ2v) is 6.49. The molecule has 0 saturated heterocycles. The monoisotopic (exact) mass is 363 g/mol. The van der Waals surface area contributed by atoms with Gasteiger partial charge in [-0.2, -0.15) is 0 Å². The van der Waals surface area contributed by atoms with E-state index < -0.39 is 32.4 Å². The molecular weight excluding hydrogens is 345 g/mol. The maximum atomic E-state index is 12.4. The van der Waals surface area contributed by atoms with Gasteiger partial charge in [0.25, 0.3) is 5.91 Å². The highest BCUT2D eigenvalue weighted by atomic mass is 31.1. The van der Waals surface area contributed by atoms with Crippen LogP contribution < -0.4 is 5.32 Å². The number of hydrogen-bond donors (Lipinski definition) is 3. The molecule has 2 aromatic rings. The number of carbonyl (C=O) groups is 2. The Labute approximate surface area is 145 Å². The molecule has 0 saturated carbocycles. The van der Waals surface area contributed by atoms with E-state index in [2.05, 4.69) is 5.32 Å². The predicted molar refractivity (Wildman–Crippen MR) is 93.1 cm³/mol. The summed E-state index contributed by atoms with van der Waals surface area (Å²) in [6.45, 7) is 0. The van der Waals surface area contributed by atoms with Gasteiger partial charge in [-0.25, -0.2) is 4.79 Å². The third-order valence-corrected chi connectivity index (χ3v) is 4.16. The number of amides is 1. The zero-order valence-corrected chi connectivity index (χ0v) is 14.2. The number of hydrogen-bond acceptors (Lipinski definition) is 5. The normalized spacial score (nSPS) is 13.0. The van der Waals surface area contributed by atoms with E-state index in [1.54, 1.807) is 0 Å². The standard InChI is InChI=1S/C17H18NO6P/c19-11-25(23)24-15(10-12-4-2-1-3-5-12)16(20)18-14-8-6-13(7-9-14)17(21)22/h1-9,15,19,25H,10-11H2,(H,18,20)(H,21,22). The fourth-order valence-electron chi connectivity index (χ4n) is 2.13. The molecule has 2 unspecified atom stereocenters. The van der Waals surface area contributed by atoms with Gasteiger partial charge in [0.1, 0.15) is 12.5 Å². The lowest BCUT2D eigenvalue weighted by atomic mass is 10.1. The number of aromatic carboxylic acids is 1. The van der Waals surface area contributed by atoms with Gasteiger partial charge in [-0.15, -0.1) is 0 Å². The quantitative estimate of drug-likeness (QED) is 0.621. The van der Waals surface area contributed by atoms with Crippen molar-refractivity contribution < 1.29 is 28.9 Å². The Kier molecular flexibility index (Phi) is 6.89. The van der Waals surface area contributed by atoms with Crippen molar-refractivity contribution in [1.82, 2.24) is 0 Å². The van der Waals surface area contributed by atoms with Crippen molar-refractivity contribution in [2.75, 3.05) is 11.7 Å². The Morgan fingerprint density at radius 2 is 1.72 bits per heavy atom. The van der Waals surface area contributed by atoms with Crippen LogP contribution in [0.4, 0.5) is 5.69 Å². The molecule has 25 heavy (non-hydrogen) atoms. The van der Waals surface area contributed by atoms with Crippen molar-refractivity contribution in [2.45, 2.75) is 12.5 Å². The van der Waals surface area contributed by atoms with Crippen LogP contribution in [-0.2, 0) is 20.3 Å². The maximum absolute atomic E-state index is 12.4. The van der Waals surface area contributed by atoms with Gasteiger partial charge >= 0.3 is 5.97 Å². The van der Waals surface area contributed by atoms with Crippen LogP contribution in [0.5, 0.6) is 0 Å².